The van der Waals surface area contributed by atoms with Gasteiger partial charge >= 0.3 is 0 Å². The fraction of sp³-hybridized carbons (Fsp3) is 0.400. The second-order valence-corrected chi connectivity index (χ2v) is 4.51. The largest absolute Gasteiger partial charge is 0.395 e. The molecule has 0 saturated heterocycles. The number of rotatable bonds is 4. The quantitative estimate of drug-likeness (QED) is 0.807. The molecule has 0 bridgehead atoms. The first kappa shape index (κ1) is 16.2. The number of hydrogen-bond donors (Lipinski definition) is 2. The molecule has 1 aromatic rings. The molecule has 0 fully saturated rings. The van der Waals surface area contributed by atoms with E-state index in [1.165, 1.54) is 17.0 Å². The minimum Gasteiger partial charge on any atom is -0.395 e. The molecule has 3 N–H and O–H groups in total. The Kier molecular flexibility index (Phi) is 6.16. The van der Waals surface area contributed by atoms with Gasteiger partial charge in [0.25, 0.3) is 5.91 Å². The molecule has 0 aliphatic rings. The Morgan fingerprint density at radius 1 is 1.50 bits per heavy atom. The highest BCUT2D eigenvalue weighted by atomic mass is 19.1. The molecule has 1 rings (SSSR count). The lowest BCUT2D eigenvalue weighted by molar-refractivity contribution is 0.0664. The first-order valence-electron chi connectivity index (χ1n) is 6.41. The zero-order valence-electron chi connectivity index (χ0n) is 11.7. The number of hydrogen-bond acceptors (Lipinski definition) is 3. The molecule has 0 aliphatic heterocycles. The van der Waals surface area contributed by atoms with Crippen LogP contribution in [0.5, 0.6) is 0 Å². The van der Waals surface area contributed by atoms with Gasteiger partial charge < -0.3 is 15.7 Å². The first-order chi connectivity index (χ1) is 9.51. The van der Waals surface area contributed by atoms with E-state index in [1.54, 1.807) is 0 Å². The van der Waals surface area contributed by atoms with Gasteiger partial charge in [0.15, 0.2) is 0 Å². The molecule has 5 heteroatoms. The SMILES string of the molecule is CC(C)N(CCO)C(=O)c1cc(F)ccc1C#CCN. The van der Waals surface area contributed by atoms with E-state index < -0.39 is 5.82 Å². The summed E-state index contributed by atoms with van der Waals surface area (Å²) in [5.41, 5.74) is 5.94. The monoisotopic (exact) mass is 278 g/mol. The molecule has 1 amide bonds. The van der Waals surface area contributed by atoms with Gasteiger partial charge in [0.1, 0.15) is 5.82 Å². The van der Waals surface area contributed by atoms with E-state index in [4.69, 9.17) is 10.8 Å². The van der Waals surface area contributed by atoms with Crippen LogP contribution in [0.15, 0.2) is 18.2 Å². The van der Waals surface area contributed by atoms with Crippen LogP contribution in [-0.4, -0.2) is 41.7 Å². The van der Waals surface area contributed by atoms with E-state index in [0.29, 0.717) is 5.56 Å². The van der Waals surface area contributed by atoms with E-state index in [-0.39, 0.29) is 37.2 Å². The molecular formula is C15H19FN2O2. The van der Waals surface area contributed by atoms with Gasteiger partial charge in [-0.3, -0.25) is 4.79 Å². The maximum Gasteiger partial charge on any atom is 0.255 e. The summed E-state index contributed by atoms with van der Waals surface area (Å²) in [7, 11) is 0. The number of carbonyl (C=O) groups excluding carboxylic acids is 1. The molecule has 0 saturated carbocycles. The van der Waals surface area contributed by atoms with E-state index in [0.717, 1.165) is 6.07 Å². The van der Waals surface area contributed by atoms with Crippen molar-refractivity contribution in [2.45, 2.75) is 19.9 Å². The summed E-state index contributed by atoms with van der Waals surface area (Å²) < 4.78 is 13.4. The topological polar surface area (TPSA) is 66.6 Å². The minimum absolute atomic E-state index is 0.103. The van der Waals surface area contributed by atoms with Crippen molar-refractivity contribution in [3.05, 3.63) is 35.1 Å². The van der Waals surface area contributed by atoms with Gasteiger partial charge in [0.2, 0.25) is 0 Å². The fourth-order valence-corrected chi connectivity index (χ4v) is 1.81. The highest BCUT2D eigenvalue weighted by Gasteiger charge is 2.21. The van der Waals surface area contributed by atoms with Crippen molar-refractivity contribution in [3.8, 4) is 11.8 Å². The lowest BCUT2D eigenvalue weighted by Gasteiger charge is -2.26. The number of amides is 1. The van der Waals surface area contributed by atoms with Crippen molar-refractivity contribution in [1.29, 1.82) is 0 Å². The summed E-state index contributed by atoms with van der Waals surface area (Å²) in [5, 5.41) is 9.03. The molecular weight excluding hydrogens is 259 g/mol. The Morgan fingerprint density at radius 2 is 2.20 bits per heavy atom. The smallest absolute Gasteiger partial charge is 0.255 e. The van der Waals surface area contributed by atoms with E-state index in [2.05, 4.69) is 11.8 Å². The zero-order chi connectivity index (χ0) is 15.1. The molecule has 0 aliphatic carbocycles. The second-order valence-electron chi connectivity index (χ2n) is 4.51. The van der Waals surface area contributed by atoms with Gasteiger partial charge in [-0.25, -0.2) is 4.39 Å². The number of nitrogens with two attached hydrogens (primary N) is 1. The van der Waals surface area contributed by atoms with Gasteiger partial charge in [0.05, 0.1) is 18.7 Å². The summed E-state index contributed by atoms with van der Waals surface area (Å²) in [6.07, 6.45) is 0. The van der Waals surface area contributed by atoms with Crippen molar-refractivity contribution in [3.63, 3.8) is 0 Å². The van der Waals surface area contributed by atoms with Crippen LogP contribution in [0.2, 0.25) is 0 Å². The average molecular weight is 278 g/mol. The summed E-state index contributed by atoms with van der Waals surface area (Å²) >= 11 is 0. The lowest BCUT2D eigenvalue weighted by Crippen LogP contribution is -2.39. The van der Waals surface area contributed by atoms with E-state index in [9.17, 15) is 9.18 Å². The Morgan fingerprint density at radius 3 is 2.75 bits per heavy atom. The molecule has 108 valence electrons. The molecule has 0 radical (unpaired) electrons. The third-order valence-corrected chi connectivity index (χ3v) is 2.76. The van der Waals surface area contributed by atoms with Crippen LogP contribution in [0.4, 0.5) is 4.39 Å². The number of aliphatic hydroxyl groups excluding tert-OH is 1. The lowest BCUT2D eigenvalue weighted by atomic mass is 10.1. The van der Waals surface area contributed by atoms with Crippen molar-refractivity contribution < 1.29 is 14.3 Å². The second kappa shape index (κ2) is 7.63. The van der Waals surface area contributed by atoms with Crippen LogP contribution in [0.3, 0.4) is 0 Å². The summed E-state index contributed by atoms with van der Waals surface area (Å²) in [4.78, 5) is 13.9. The van der Waals surface area contributed by atoms with Crippen molar-refractivity contribution in [1.82, 2.24) is 4.90 Å². The van der Waals surface area contributed by atoms with Gasteiger partial charge in [-0.1, -0.05) is 11.8 Å². The van der Waals surface area contributed by atoms with Crippen molar-refractivity contribution in [2.24, 2.45) is 5.73 Å². The predicted molar refractivity (Wildman–Crippen MR) is 75.6 cm³/mol. The number of halogens is 1. The van der Waals surface area contributed by atoms with Crippen molar-refractivity contribution >= 4 is 5.91 Å². The van der Waals surface area contributed by atoms with Crippen LogP contribution in [-0.2, 0) is 0 Å². The average Bonchev–Trinajstić information content (AvgIpc) is 2.42. The maximum atomic E-state index is 13.4. The van der Waals surface area contributed by atoms with Gasteiger partial charge in [-0.15, -0.1) is 0 Å². The molecule has 0 heterocycles. The normalized spacial score (nSPS) is 10.1. The molecule has 1 aromatic carbocycles. The molecule has 0 spiro atoms. The molecule has 0 aromatic heterocycles. The Balaban J connectivity index is 3.21. The third-order valence-electron chi connectivity index (χ3n) is 2.76. The minimum atomic E-state index is -0.501. The number of carbonyl (C=O) groups is 1. The highest BCUT2D eigenvalue weighted by Crippen LogP contribution is 2.15. The first-order valence-corrected chi connectivity index (χ1v) is 6.41. The van der Waals surface area contributed by atoms with Crippen LogP contribution in [0.25, 0.3) is 0 Å². The van der Waals surface area contributed by atoms with Crippen LogP contribution < -0.4 is 5.73 Å². The van der Waals surface area contributed by atoms with Crippen molar-refractivity contribution in [2.75, 3.05) is 19.7 Å². The summed E-state index contributed by atoms with van der Waals surface area (Å²) in [5.74, 6) is 4.57. The number of benzene rings is 1. The van der Waals surface area contributed by atoms with Gasteiger partial charge in [-0.05, 0) is 32.0 Å². The number of nitrogens with zero attached hydrogens (tertiary/aromatic N) is 1. The Hall–Kier alpha value is -1.90. The zero-order valence-corrected chi connectivity index (χ0v) is 11.7. The van der Waals surface area contributed by atoms with Gasteiger partial charge in [0, 0.05) is 18.2 Å². The van der Waals surface area contributed by atoms with Crippen LogP contribution in [0.1, 0.15) is 29.8 Å². The fourth-order valence-electron chi connectivity index (χ4n) is 1.81. The third kappa shape index (κ3) is 4.05. The van der Waals surface area contributed by atoms with Crippen LogP contribution in [0, 0.1) is 17.7 Å². The van der Waals surface area contributed by atoms with E-state index >= 15 is 0 Å². The van der Waals surface area contributed by atoms with Gasteiger partial charge in [-0.2, -0.15) is 0 Å². The molecule has 4 nitrogen and oxygen atoms in total. The van der Waals surface area contributed by atoms with E-state index in [1.807, 2.05) is 13.8 Å². The summed E-state index contributed by atoms with van der Waals surface area (Å²) in [6, 6.07) is 3.77. The summed E-state index contributed by atoms with van der Waals surface area (Å²) in [6.45, 7) is 3.87. The highest BCUT2D eigenvalue weighted by molar-refractivity contribution is 5.97. The molecule has 0 atom stereocenters. The molecule has 0 unspecified atom stereocenters. The predicted octanol–water partition coefficient (Wildman–Crippen LogP) is 0.979. The van der Waals surface area contributed by atoms with Crippen LogP contribution >= 0.6 is 0 Å². The maximum absolute atomic E-state index is 13.4. The standard InChI is InChI=1S/C15H19FN2O2/c1-11(2)18(8-9-19)15(20)14-10-13(16)6-5-12(14)4-3-7-17/h5-6,10-11,19H,7-9,17H2,1-2H3. The Bertz CT molecular complexity index is 532. The number of aliphatic hydroxyl groups is 1. The Labute approximate surface area is 118 Å². The molecule has 20 heavy (non-hydrogen) atoms.